The van der Waals surface area contributed by atoms with Gasteiger partial charge in [0.05, 0.1) is 0 Å². The molecule has 1 aliphatic heterocycles. The minimum Gasteiger partial charge on any atom is -0.384 e. The van der Waals surface area contributed by atoms with Crippen LogP contribution in [0, 0.1) is 0 Å². The van der Waals surface area contributed by atoms with Gasteiger partial charge in [-0.1, -0.05) is 20.3 Å². The van der Waals surface area contributed by atoms with Gasteiger partial charge in [0.2, 0.25) is 0 Å². The van der Waals surface area contributed by atoms with Gasteiger partial charge < -0.3 is 10.6 Å². The molecule has 2 rings (SSSR count). The largest absolute Gasteiger partial charge is 0.384 e. The molecule has 1 aromatic rings. The first-order chi connectivity index (χ1) is 9.56. The molecule has 110 valence electrons. The molecule has 1 saturated heterocycles. The second-order valence-corrected chi connectivity index (χ2v) is 5.72. The molecule has 0 radical (unpaired) electrons. The summed E-state index contributed by atoms with van der Waals surface area (Å²) >= 11 is 0. The first-order valence-electron chi connectivity index (χ1n) is 7.65. The minimum absolute atomic E-state index is 0.105. The molecule has 0 saturated carbocycles. The van der Waals surface area contributed by atoms with Gasteiger partial charge in [-0.05, 0) is 44.7 Å². The number of aryl methyl sites for hydroxylation is 1. The normalized spacial score (nSPS) is 22.2. The fraction of sp³-hybridized carbons (Fsp3) is 0.625. The van der Waals surface area contributed by atoms with Gasteiger partial charge in [-0.2, -0.15) is 0 Å². The molecule has 1 fully saturated rings. The number of nitrogens with zero attached hydrogens (tertiary/aromatic N) is 2. The van der Waals surface area contributed by atoms with Crippen LogP contribution < -0.4 is 5.73 Å². The van der Waals surface area contributed by atoms with E-state index in [0.29, 0.717) is 23.5 Å². The molecule has 4 heteroatoms. The Hall–Kier alpha value is -1.58. The number of likely N-dealkylation sites (tertiary alicyclic amines) is 1. The van der Waals surface area contributed by atoms with Crippen LogP contribution in [0.3, 0.4) is 0 Å². The Labute approximate surface area is 121 Å². The van der Waals surface area contributed by atoms with Gasteiger partial charge in [0.1, 0.15) is 5.82 Å². The van der Waals surface area contributed by atoms with E-state index in [-0.39, 0.29) is 5.91 Å². The predicted molar refractivity (Wildman–Crippen MR) is 81.6 cm³/mol. The Morgan fingerprint density at radius 2 is 2.15 bits per heavy atom. The molecular weight excluding hydrogens is 250 g/mol. The summed E-state index contributed by atoms with van der Waals surface area (Å²) in [6.45, 7) is 6.37. The molecule has 1 aromatic heterocycles. The lowest BCUT2D eigenvalue weighted by atomic mass is 10.1. The molecule has 1 amide bonds. The Balaban J connectivity index is 2.28. The van der Waals surface area contributed by atoms with Crippen molar-refractivity contribution in [2.75, 3.05) is 5.73 Å². The maximum Gasteiger partial charge on any atom is 0.254 e. The maximum absolute atomic E-state index is 12.8. The minimum atomic E-state index is 0.105. The number of rotatable bonds is 4. The van der Waals surface area contributed by atoms with Crippen molar-refractivity contribution in [3.63, 3.8) is 0 Å². The number of anilines is 1. The average Bonchev–Trinajstić information content (AvgIpc) is 2.78. The molecule has 0 aromatic carbocycles. The van der Waals surface area contributed by atoms with Crippen LogP contribution in [0.2, 0.25) is 0 Å². The summed E-state index contributed by atoms with van der Waals surface area (Å²) in [6, 6.07) is 4.29. The van der Waals surface area contributed by atoms with Gasteiger partial charge in [-0.15, -0.1) is 0 Å². The van der Waals surface area contributed by atoms with E-state index >= 15 is 0 Å². The van der Waals surface area contributed by atoms with E-state index in [9.17, 15) is 4.79 Å². The molecule has 1 aliphatic rings. The third kappa shape index (κ3) is 2.94. The first kappa shape index (κ1) is 14.8. The molecule has 2 N–H and O–H groups in total. The summed E-state index contributed by atoms with van der Waals surface area (Å²) in [5, 5.41) is 0. The van der Waals surface area contributed by atoms with Crippen LogP contribution in [-0.4, -0.2) is 27.9 Å². The van der Waals surface area contributed by atoms with Crippen molar-refractivity contribution >= 4 is 11.7 Å². The number of nitrogens with two attached hydrogens (primary N) is 1. The highest BCUT2D eigenvalue weighted by atomic mass is 16.2. The summed E-state index contributed by atoms with van der Waals surface area (Å²) in [6.07, 6.45) is 5.07. The highest BCUT2D eigenvalue weighted by molar-refractivity contribution is 5.95. The molecule has 2 atom stereocenters. The van der Waals surface area contributed by atoms with E-state index in [1.807, 2.05) is 11.0 Å². The number of pyridine rings is 1. The molecule has 2 heterocycles. The number of carbonyl (C=O) groups is 1. The van der Waals surface area contributed by atoms with Crippen molar-refractivity contribution in [2.45, 2.75) is 65.0 Å². The van der Waals surface area contributed by atoms with E-state index in [4.69, 9.17) is 5.73 Å². The molecule has 4 nitrogen and oxygen atoms in total. The molecular formula is C16H25N3O. The van der Waals surface area contributed by atoms with Gasteiger partial charge in [0.15, 0.2) is 0 Å². The van der Waals surface area contributed by atoms with Crippen LogP contribution in [0.5, 0.6) is 0 Å². The molecule has 0 spiro atoms. The molecule has 0 aliphatic carbocycles. The maximum atomic E-state index is 12.8. The summed E-state index contributed by atoms with van der Waals surface area (Å²) in [5.74, 6) is 0.549. The van der Waals surface area contributed by atoms with Crippen LogP contribution in [0.4, 0.5) is 5.82 Å². The number of carbonyl (C=O) groups excluding carboxylic acids is 1. The van der Waals surface area contributed by atoms with Crippen LogP contribution in [0.15, 0.2) is 12.1 Å². The lowest BCUT2D eigenvalue weighted by Gasteiger charge is -2.28. The lowest BCUT2D eigenvalue weighted by molar-refractivity contribution is 0.0676. The van der Waals surface area contributed by atoms with Crippen LogP contribution in [0.1, 0.15) is 62.5 Å². The topological polar surface area (TPSA) is 59.2 Å². The zero-order valence-corrected chi connectivity index (χ0v) is 12.7. The third-order valence-corrected chi connectivity index (χ3v) is 4.14. The fourth-order valence-corrected chi connectivity index (χ4v) is 3.11. The standard InChI is InChI=1S/C16H25N3O/c1-4-6-13-9-12(10-15(17)18-13)16(20)19-11(3)7-8-14(19)5-2/h9-11,14H,4-8H2,1-3H3,(H2,17,18). The van der Waals surface area contributed by atoms with E-state index < -0.39 is 0 Å². The molecule has 2 unspecified atom stereocenters. The highest BCUT2D eigenvalue weighted by Gasteiger charge is 2.33. The summed E-state index contributed by atoms with van der Waals surface area (Å²) < 4.78 is 0. The Morgan fingerprint density at radius 3 is 2.80 bits per heavy atom. The first-order valence-corrected chi connectivity index (χ1v) is 7.65. The number of amides is 1. The zero-order valence-electron chi connectivity index (χ0n) is 12.7. The van der Waals surface area contributed by atoms with Crippen molar-refractivity contribution in [1.82, 2.24) is 9.88 Å². The average molecular weight is 275 g/mol. The van der Waals surface area contributed by atoms with E-state index in [1.54, 1.807) is 6.07 Å². The quantitative estimate of drug-likeness (QED) is 0.919. The number of hydrogen-bond donors (Lipinski definition) is 1. The highest BCUT2D eigenvalue weighted by Crippen LogP contribution is 2.28. The van der Waals surface area contributed by atoms with Crippen LogP contribution in [-0.2, 0) is 6.42 Å². The van der Waals surface area contributed by atoms with Crippen LogP contribution in [0.25, 0.3) is 0 Å². The van der Waals surface area contributed by atoms with Gasteiger partial charge in [0.25, 0.3) is 5.91 Å². The molecule has 0 bridgehead atoms. The number of aromatic nitrogens is 1. The number of hydrogen-bond acceptors (Lipinski definition) is 3. The van der Waals surface area contributed by atoms with Crippen molar-refractivity contribution < 1.29 is 4.79 Å². The molecule has 20 heavy (non-hydrogen) atoms. The Kier molecular flexibility index (Phi) is 4.63. The van der Waals surface area contributed by atoms with Crippen molar-refractivity contribution in [1.29, 1.82) is 0 Å². The van der Waals surface area contributed by atoms with Gasteiger partial charge in [0, 0.05) is 23.3 Å². The Bertz CT molecular complexity index is 487. The smallest absolute Gasteiger partial charge is 0.254 e. The second kappa shape index (κ2) is 6.25. The van der Waals surface area contributed by atoms with E-state index in [1.165, 1.54) is 0 Å². The monoisotopic (exact) mass is 275 g/mol. The van der Waals surface area contributed by atoms with Crippen molar-refractivity contribution in [3.05, 3.63) is 23.4 Å². The number of nitrogen functional groups attached to an aromatic ring is 1. The van der Waals surface area contributed by atoms with Gasteiger partial charge in [-0.3, -0.25) is 4.79 Å². The predicted octanol–water partition coefficient (Wildman–Crippen LogP) is 3.02. The van der Waals surface area contributed by atoms with E-state index in [2.05, 4.69) is 25.8 Å². The third-order valence-electron chi connectivity index (χ3n) is 4.14. The Morgan fingerprint density at radius 1 is 1.40 bits per heavy atom. The van der Waals surface area contributed by atoms with E-state index in [0.717, 1.165) is 37.8 Å². The summed E-state index contributed by atoms with van der Waals surface area (Å²) in [4.78, 5) is 19.1. The zero-order chi connectivity index (χ0) is 14.7. The SMILES string of the molecule is CCCc1cc(C(=O)N2C(C)CCC2CC)cc(N)n1. The lowest BCUT2D eigenvalue weighted by Crippen LogP contribution is -2.39. The second-order valence-electron chi connectivity index (χ2n) is 5.72. The van der Waals surface area contributed by atoms with Gasteiger partial charge >= 0.3 is 0 Å². The van der Waals surface area contributed by atoms with Crippen LogP contribution >= 0.6 is 0 Å². The van der Waals surface area contributed by atoms with Crippen molar-refractivity contribution in [3.8, 4) is 0 Å². The summed E-state index contributed by atoms with van der Waals surface area (Å²) in [5.41, 5.74) is 7.45. The fourth-order valence-electron chi connectivity index (χ4n) is 3.11. The summed E-state index contributed by atoms with van der Waals surface area (Å²) in [7, 11) is 0. The van der Waals surface area contributed by atoms with Crippen molar-refractivity contribution in [2.24, 2.45) is 0 Å². The van der Waals surface area contributed by atoms with Gasteiger partial charge in [-0.25, -0.2) is 4.98 Å².